The molecule has 2 nitrogen and oxygen atoms in total. The first-order valence-electron chi connectivity index (χ1n) is 5.84. The van der Waals surface area contributed by atoms with E-state index in [1.54, 1.807) is 6.07 Å². The van der Waals surface area contributed by atoms with Crippen molar-refractivity contribution in [3.05, 3.63) is 29.3 Å². The number of carbonyl (C=O) groups excluding carboxylic acids is 1. The topological polar surface area (TPSA) is 29.1 Å². The van der Waals surface area contributed by atoms with Gasteiger partial charge in [0.1, 0.15) is 0 Å². The Bertz CT molecular complexity index is 451. The molecule has 0 aromatic heterocycles. The summed E-state index contributed by atoms with van der Waals surface area (Å²) in [7, 11) is 0. The van der Waals surface area contributed by atoms with Crippen LogP contribution in [0.5, 0.6) is 0 Å². The lowest BCUT2D eigenvalue weighted by Gasteiger charge is -2.07. The van der Waals surface area contributed by atoms with Crippen LogP contribution >= 0.6 is 11.6 Å². The zero-order chi connectivity index (χ0) is 12.8. The van der Waals surface area contributed by atoms with E-state index in [-0.39, 0.29) is 22.7 Å². The van der Waals surface area contributed by atoms with Crippen LogP contribution in [-0.4, -0.2) is 5.91 Å². The number of hydrogen-bond acceptors (Lipinski definition) is 1. The maximum absolute atomic E-state index is 12.2. The Hall–Kier alpha value is -1.02. The van der Waals surface area contributed by atoms with E-state index >= 15 is 0 Å². The van der Waals surface area contributed by atoms with Gasteiger partial charge in [-0.2, -0.15) is 0 Å². The molecule has 0 radical (unpaired) electrons. The Labute approximate surface area is 107 Å². The molecule has 1 fully saturated rings. The molecule has 0 bridgehead atoms. The summed E-state index contributed by atoms with van der Waals surface area (Å²) in [5, 5.41) is 3.49. The van der Waals surface area contributed by atoms with Crippen molar-refractivity contribution in [1.82, 2.24) is 0 Å². The van der Waals surface area contributed by atoms with Gasteiger partial charge in [-0.05, 0) is 23.0 Å². The van der Waals surface area contributed by atoms with Crippen LogP contribution in [0.25, 0.3) is 0 Å². The third-order valence-corrected chi connectivity index (χ3v) is 4.74. The van der Waals surface area contributed by atoms with Gasteiger partial charge in [0.05, 0.1) is 10.7 Å². The van der Waals surface area contributed by atoms with Gasteiger partial charge in [-0.1, -0.05) is 51.4 Å². The minimum absolute atomic E-state index is 0.0475. The molecular formula is C14H18ClNO. The lowest BCUT2D eigenvalue weighted by Crippen LogP contribution is -2.17. The molecule has 1 aromatic rings. The quantitative estimate of drug-likeness (QED) is 0.847. The molecule has 0 atom stereocenters. The van der Waals surface area contributed by atoms with Crippen molar-refractivity contribution in [2.75, 3.05) is 5.32 Å². The second kappa shape index (κ2) is 3.74. The molecule has 1 N–H and O–H groups in total. The maximum atomic E-state index is 12.2. The van der Waals surface area contributed by atoms with E-state index in [0.29, 0.717) is 10.7 Å². The highest BCUT2D eigenvalue weighted by atomic mass is 35.5. The Morgan fingerprint density at radius 1 is 1.18 bits per heavy atom. The van der Waals surface area contributed by atoms with Gasteiger partial charge in [0.2, 0.25) is 5.91 Å². The van der Waals surface area contributed by atoms with Gasteiger partial charge >= 0.3 is 0 Å². The molecule has 0 heterocycles. The molecular weight excluding hydrogens is 234 g/mol. The Kier molecular flexibility index (Phi) is 2.74. The molecule has 1 aliphatic rings. The van der Waals surface area contributed by atoms with Crippen LogP contribution in [0.4, 0.5) is 5.69 Å². The number of nitrogens with one attached hydrogen (secondary N) is 1. The van der Waals surface area contributed by atoms with E-state index in [1.165, 1.54) is 0 Å². The normalized spacial score (nSPS) is 21.0. The predicted molar refractivity (Wildman–Crippen MR) is 71.1 cm³/mol. The standard InChI is InChI=1S/C14H18ClNO/c1-13(2)11(14(13,3)4)12(17)16-10-8-6-5-7-9(10)15/h5-8,11H,1-4H3,(H,16,17). The fraction of sp³-hybridized carbons (Fsp3) is 0.500. The van der Waals surface area contributed by atoms with Crippen molar-refractivity contribution in [1.29, 1.82) is 0 Å². The molecule has 0 spiro atoms. The SMILES string of the molecule is CC1(C)C(C(=O)Nc2ccccc2Cl)C1(C)C. The van der Waals surface area contributed by atoms with E-state index in [0.717, 1.165) is 0 Å². The minimum Gasteiger partial charge on any atom is -0.324 e. The molecule has 0 unspecified atom stereocenters. The highest BCUT2D eigenvalue weighted by molar-refractivity contribution is 6.33. The zero-order valence-corrected chi connectivity index (χ0v) is 11.4. The molecule has 1 saturated carbocycles. The third kappa shape index (κ3) is 1.85. The van der Waals surface area contributed by atoms with Crippen molar-refractivity contribution < 1.29 is 4.79 Å². The van der Waals surface area contributed by atoms with Gasteiger partial charge in [0.15, 0.2) is 0 Å². The van der Waals surface area contributed by atoms with Crippen molar-refractivity contribution >= 4 is 23.2 Å². The first-order chi connectivity index (χ1) is 7.78. The Balaban J connectivity index is 2.13. The van der Waals surface area contributed by atoms with E-state index < -0.39 is 0 Å². The summed E-state index contributed by atoms with van der Waals surface area (Å²) in [6.45, 7) is 8.52. The number of hydrogen-bond donors (Lipinski definition) is 1. The largest absolute Gasteiger partial charge is 0.324 e. The molecule has 1 aromatic carbocycles. The zero-order valence-electron chi connectivity index (χ0n) is 10.7. The summed E-state index contributed by atoms with van der Waals surface area (Å²) >= 11 is 6.02. The molecule has 0 aliphatic heterocycles. The number of para-hydroxylation sites is 1. The van der Waals surface area contributed by atoms with E-state index in [4.69, 9.17) is 11.6 Å². The number of benzene rings is 1. The van der Waals surface area contributed by atoms with E-state index in [1.807, 2.05) is 18.2 Å². The average molecular weight is 252 g/mol. The monoisotopic (exact) mass is 251 g/mol. The highest BCUT2D eigenvalue weighted by Gasteiger charge is 2.68. The molecule has 2 rings (SSSR count). The van der Waals surface area contributed by atoms with Crippen molar-refractivity contribution in [2.45, 2.75) is 27.7 Å². The first kappa shape index (κ1) is 12.4. The van der Waals surface area contributed by atoms with Gasteiger partial charge in [-0.3, -0.25) is 4.79 Å². The fourth-order valence-electron chi connectivity index (χ4n) is 2.62. The van der Waals surface area contributed by atoms with Crippen molar-refractivity contribution in [2.24, 2.45) is 16.7 Å². The fourth-order valence-corrected chi connectivity index (χ4v) is 2.80. The number of rotatable bonds is 2. The van der Waals surface area contributed by atoms with Gasteiger partial charge in [0.25, 0.3) is 0 Å². The van der Waals surface area contributed by atoms with Crippen LogP contribution < -0.4 is 5.32 Å². The van der Waals surface area contributed by atoms with Gasteiger partial charge in [-0.15, -0.1) is 0 Å². The van der Waals surface area contributed by atoms with Crippen LogP contribution in [0.2, 0.25) is 5.02 Å². The predicted octanol–water partition coefficient (Wildman–Crippen LogP) is 3.96. The number of halogens is 1. The average Bonchev–Trinajstić information content (AvgIpc) is 2.61. The number of amides is 1. The molecule has 92 valence electrons. The summed E-state index contributed by atoms with van der Waals surface area (Å²) in [6.07, 6.45) is 0. The molecule has 3 heteroatoms. The molecule has 1 aliphatic carbocycles. The first-order valence-corrected chi connectivity index (χ1v) is 6.21. The van der Waals surface area contributed by atoms with Gasteiger partial charge < -0.3 is 5.32 Å². The second-order valence-electron chi connectivity index (χ2n) is 5.85. The van der Waals surface area contributed by atoms with Crippen LogP contribution in [0, 0.1) is 16.7 Å². The van der Waals surface area contributed by atoms with E-state index in [9.17, 15) is 4.79 Å². The summed E-state index contributed by atoms with van der Waals surface area (Å²) in [6, 6.07) is 7.32. The Morgan fingerprint density at radius 2 is 1.71 bits per heavy atom. The van der Waals surface area contributed by atoms with Crippen LogP contribution in [0.1, 0.15) is 27.7 Å². The Morgan fingerprint density at radius 3 is 2.18 bits per heavy atom. The molecule has 0 saturated heterocycles. The molecule has 17 heavy (non-hydrogen) atoms. The van der Waals surface area contributed by atoms with E-state index in [2.05, 4.69) is 33.0 Å². The van der Waals surface area contributed by atoms with Crippen LogP contribution in [-0.2, 0) is 4.79 Å². The number of anilines is 1. The minimum atomic E-state index is 0.0475. The smallest absolute Gasteiger partial charge is 0.228 e. The van der Waals surface area contributed by atoms with Crippen molar-refractivity contribution in [3.8, 4) is 0 Å². The summed E-state index contributed by atoms with van der Waals surface area (Å²) < 4.78 is 0. The number of carbonyl (C=O) groups is 1. The summed E-state index contributed by atoms with van der Waals surface area (Å²) in [5.74, 6) is 0.111. The second-order valence-corrected chi connectivity index (χ2v) is 6.25. The van der Waals surface area contributed by atoms with Gasteiger partial charge in [0, 0.05) is 5.92 Å². The molecule has 1 amide bonds. The van der Waals surface area contributed by atoms with Gasteiger partial charge in [-0.25, -0.2) is 0 Å². The lowest BCUT2D eigenvalue weighted by atomic mass is 10.0. The van der Waals surface area contributed by atoms with Crippen LogP contribution in [0.15, 0.2) is 24.3 Å². The summed E-state index contributed by atoms with van der Waals surface area (Å²) in [4.78, 5) is 12.2. The summed E-state index contributed by atoms with van der Waals surface area (Å²) in [5.41, 5.74) is 0.800. The lowest BCUT2D eigenvalue weighted by molar-refractivity contribution is -0.118. The van der Waals surface area contributed by atoms with Crippen molar-refractivity contribution in [3.63, 3.8) is 0 Å². The maximum Gasteiger partial charge on any atom is 0.228 e. The third-order valence-electron chi connectivity index (χ3n) is 4.41. The highest BCUT2D eigenvalue weighted by Crippen LogP contribution is 2.68. The van der Waals surface area contributed by atoms with Crippen LogP contribution in [0.3, 0.4) is 0 Å².